The van der Waals surface area contributed by atoms with Crippen molar-refractivity contribution in [3.63, 3.8) is 0 Å². The number of fused-ring (bicyclic) bond motifs is 1. The molecule has 0 saturated heterocycles. The van der Waals surface area contributed by atoms with Gasteiger partial charge in [0, 0.05) is 25.6 Å². The van der Waals surface area contributed by atoms with E-state index in [2.05, 4.69) is 16.2 Å². The first-order valence-corrected chi connectivity index (χ1v) is 7.93. The molecule has 7 nitrogen and oxygen atoms in total. The number of nitrogens with one attached hydrogen (secondary N) is 1. The van der Waals surface area contributed by atoms with Crippen molar-refractivity contribution >= 4 is 17.1 Å². The summed E-state index contributed by atoms with van der Waals surface area (Å²) in [6.45, 7) is 6.62. The van der Waals surface area contributed by atoms with Crippen molar-refractivity contribution in [2.75, 3.05) is 13.1 Å². The molecular weight excluding hydrogens is 306 g/mol. The molecule has 0 spiro atoms. The molecule has 0 saturated carbocycles. The molecule has 0 aromatic carbocycles. The maximum absolute atomic E-state index is 12.8. The standard InChI is InChI=1S/C17H19N5O2/c1-10(2)14-15(12-4-6-21(7-5-12)11(3)23)20-16-13(8-18)9-19-22(16)17(14)24/h4,9-10,20H,5-7H2,1-3H3. The van der Waals surface area contributed by atoms with E-state index in [0.717, 1.165) is 11.3 Å². The van der Waals surface area contributed by atoms with Gasteiger partial charge in [-0.25, -0.2) is 0 Å². The molecule has 3 heterocycles. The smallest absolute Gasteiger partial charge is 0.278 e. The molecule has 0 bridgehead atoms. The third-order valence-corrected chi connectivity index (χ3v) is 4.38. The number of amides is 1. The lowest BCUT2D eigenvalue weighted by Gasteiger charge is -2.26. The van der Waals surface area contributed by atoms with E-state index >= 15 is 0 Å². The van der Waals surface area contributed by atoms with E-state index < -0.39 is 0 Å². The van der Waals surface area contributed by atoms with Crippen LogP contribution in [0.25, 0.3) is 11.2 Å². The van der Waals surface area contributed by atoms with Crippen LogP contribution in [0.1, 0.15) is 49.9 Å². The summed E-state index contributed by atoms with van der Waals surface area (Å²) in [5, 5.41) is 13.2. The van der Waals surface area contributed by atoms with Crippen molar-refractivity contribution in [2.45, 2.75) is 33.1 Å². The van der Waals surface area contributed by atoms with Gasteiger partial charge in [0.2, 0.25) is 5.91 Å². The molecule has 1 aliphatic rings. The van der Waals surface area contributed by atoms with E-state index in [0.29, 0.717) is 36.3 Å². The van der Waals surface area contributed by atoms with Crippen molar-refractivity contribution in [1.29, 1.82) is 5.26 Å². The SMILES string of the molecule is CC(=O)N1CC=C(c2[nH]c3c(C#N)cnn3c(=O)c2C(C)C)CC1. The van der Waals surface area contributed by atoms with E-state index in [4.69, 9.17) is 0 Å². The Morgan fingerprint density at radius 3 is 2.75 bits per heavy atom. The monoisotopic (exact) mass is 325 g/mol. The van der Waals surface area contributed by atoms with Crippen LogP contribution in [0, 0.1) is 11.3 Å². The van der Waals surface area contributed by atoms with Gasteiger partial charge >= 0.3 is 0 Å². The molecule has 124 valence electrons. The van der Waals surface area contributed by atoms with Crippen LogP contribution in [0.15, 0.2) is 17.1 Å². The minimum Gasteiger partial charge on any atom is -0.339 e. The number of carbonyl (C=O) groups is 1. The van der Waals surface area contributed by atoms with Crippen LogP contribution < -0.4 is 5.56 Å². The van der Waals surface area contributed by atoms with E-state index in [-0.39, 0.29) is 17.4 Å². The van der Waals surface area contributed by atoms with Crippen molar-refractivity contribution in [3.8, 4) is 6.07 Å². The molecule has 0 atom stereocenters. The van der Waals surface area contributed by atoms with Crippen LogP contribution in [0.3, 0.4) is 0 Å². The molecule has 1 amide bonds. The van der Waals surface area contributed by atoms with Crippen LogP contribution in [-0.2, 0) is 4.79 Å². The lowest BCUT2D eigenvalue weighted by atomic mass is 9.95. The van der Waals surface area contributed by atoms with Crippen molar-refractivity contribution < 1.29 is 4.79 Å². The summed E-state index contributed by atoms with van der Waals surface area (Å²) in [5.74, 6) is 0.0514. The fourth-order valence-corrected chi connectivity index (χ4v) is 3.08. The Balaban J connectivity index is 2.20. The average molecular weight is 325 g/mol. The number of hydrogen-bond donors (Lipinski definition) is 1. The number of aromatic nitrogens is 3. The zero-order chi connectivity index (χ0) is 17.4. The van der Waals surface area contributed by atoms with Gasteiger partial charge in [-0.15, -0.1) is 0 Å². The largest absolute Gasteiger partial charge is 0.339 e. The molecule has 24 heavy (non-hydrogen) atoms. The molecule has 0 aliphatic carbocycles. The number of rotatable bonds is 2. The fourth-order valence-electron chi connectivity index (χ4n) is 3.08. The lowest BCUT2D eigenvalue weighted by molar-refractivity contribution is -0.128. The predicted octanol–water partition coefficient (Wildman–Crippen LogP) is 1.65. The number of carbonyl (C=O) groups excluding carboxylic acids is 1. The highest BCUT2D eigenvalue weighted by Crippen LogP contribution is 2.27. The zero-order valence-corrected chi connectivity index (χ0v) is 14.0. The van der Waals surface area contributed by atoms with Gasteiger partial charge < -0.3 is 9.88 Å². The summed E-state index contributed by atoms with van der Waals surface area (Å²) in [6, 6.07) is 2.05. The fraction of sp³-hybridized carbons (Fsp3) is 0.412. The van der Waals surface area contributed by atoms with Gasteiger partial charge in [0.1, 0.15) is 11.6 Å². The minimum absolute atomic E-state index is 0.00891. The average Bonchev–Trinajstić information content (AvgIpc) is 2.97. The molecule has 7 heteroatoms. The van der Waals surface area contributed by atoms with E-state index in [1.54, 1.807) is 11.8 Å². The first-order chi connectivity index (χ1) is 11.4. The van der Waals surface area contributed by atoms with Crippen LogP contribution in [0.2, 0.25) is 0 Å². The Labute approximate surface area is 139 Å². The molecule has 1 N–H and O–H groups in total. The number of nitriles is 1. The second-order valence-electron chi connectivity index (χ2n) is 6.25. The van der Waals surface area contributed by atoms with Gasteiger partial charge in [-0.3, -0.25) is 9.59 Å². The van der Waals surface area contributed by atoms with Gasteiger partial charge in [-0.2, -0.15) is 14.9 Å². The Morgan fingerprint density at radius 2 is 2.21 bits per heavy atom. The highest BCUT2D eigenvalue weighted by molar-refractivity contribution is 5.76. The second kappa shape index (κ2) is 5.96. The zero-order valence-electron chi connectivity index (χ0n) is 14.0. The maximum Gasteiger partial charge on any atom is 0.278 e. The predicted molar refractivity (Wildman–Crippen MR) is 89.5 cm³/mol. The van der Waals surface area contributed by atoms with Gasteiger partial charge in [0.05, 0.1) is 11.9 Å². The lowest BCUT2D eigenvalue weighted by Crippen LogP contribution is -2.33. The highest BCUT2D eigenvalue weighted by Gasteiger charge is 2.23. The van der Waals surface area contributed by atoms with E-state index in [1.165, 1.54) is 10.7 Å². The quantitative estimate of drug-likeness (QED) is 0.908. The first kappa shape index (κ1) is 16.0. The third-order valence-electron chi connectivity index (χ3n) is 4.38. The molecule has 2 aromatic rings. The van der Waals surface area contributed by atoms with Crippen molar-refractivity contribution in [1.82, 2.24) is 19.5 Å². The van der Waals surface area contributed by atoms with Crippen LogP contribution in [0.5, 0.6) is 0 Å². The van der Waals surface area contributed by atoms with Gasteiger partial charge in [0.25, 0.3) is 5.56 Å². The summed E-state index contributed by atoms with van der Waals surface area (Å²) in [5.41, 5.74) is 2.95. The van der Waals surface area contributed by atoms with Crippen molar-refractivity contribution in [3.05, 3.63) is 39.4 Å². The molecule has 3 rings (SSSR count). The molecule has 0 fully saturated rings. The first-order valence-electron chi connectivity index (χ1n) is 7.93. The summed E-state index contributed by atoms with van der Waals surface area (Å²) in [4.78, 5) is 29.3. The van der Waals surface area contributed by atoms with Gasteiger partial charge in [-0.1, -0.05) is 19.9 Å². The topological polar surface area (TPSA) is 94.3 Å². The van der Waals surface area contributed by atoms with E-state index in [1.807, 2.05) is 19.9 Å². The third kappa shape index (κ3) is 2.50. The number of aromatic amines is 1. The summed E-state index contributed by atoms with van der Waals surface area (Å²) in [7, 11) is 0. The Hall–Kier alpha value is -2.88. The van der Waals surface area contributed by atoms with Crippen LogP contribution in [-0.4, -0.2) is 38.5 Å². The molecule has 2 aromatic heterocycles. The molecule has 0 radical (unpaired) electrons. The van der Waals surface area contributed by atoms with Crippen LogP contribution in [0.4, 0.5) is 0 Å². The minimum atomic E-state index is -0.204. The van der Waals surface area contributed by atoms with Crippen molar-refractivity contribution in [2.24, 2.45) is 0 Å². The number of hydrogen-bond acceptors (Lipinski definition) is 4. The highest BCUT2D eigenvalue weighted by atomic mass is 16.2. The molecule has 1 aliphatic heterocycles. The second-order valence-corrected chi connectivity index (χ2v) is 6.25. The Bertz CT molecular complexity index is 942. The Morgan fingerprint density at radius 1 is 1.46 bits per heavy atom. The number of nitrogens with zero attached hydrogens (tertiary/aromatic N) is 4. The molecular formula is C17H19N5O2. The normalized spacial score (nSPS) is 14.8. The van der Waals surface area contributed by atoms with Gasteiger partial charge in [0.15, 0.2) is 5.65 Å². The summed E-state index contributed by atoms with van der Waals surface area (Å²) < 4.78 is 1.25. The summed E-state index contributed by atoms with van der Waals surface area (Å²) >= 11 is 0. The molecule has 0 unspecified atom stereocenters. The van der Waals surface area contributed by atoms with Gasteiger partial charge in [-0.05, 0) is 17.9 Å². The Kier molecular flexibility index (Phi) is 3.97. The number of H-pyrrole nitrogens is 1. The van der Waals surface area contributed by atoms with Crippen LogP contribution >= 0.6 is 0 Å². The summed E-state index contributed by atoms with van der Waals surface area (Å²) in [6.07, 6.45) is 4.04. The van der Waals surface area contributed by atoms with E-state index in [9.17, 15) is 14.9 Å². The maximum atomic E-state index is 12.8.